The second kappa shape index (κ2) is 9.03. The number of benzene rings is 1. The molecule has 0 radical (unpaired) electrons. The van der Waals surface area contributed by atoms with Crippen molar-refractivity contribution >= 4 is 17.8 Å². The van der Waals surface area contributed by atoms with Gasteiger partial charge in [-0.15, -0.1) is 0 Å². The average molecular weight is 350 g/mol. The third-order valence-electron chi connectivity index (χ3n) is 4.03. The maximum Gasteiger partial charge on any atom is 0.341 e. The highest BCUT2D eigenvalue weighted by Crippen LogP contribution is 2.22. The highest BCUT2D eigenvalue weighted by molar-refractivity contribution is 5.95. The van der Waals surface area contributed by atoms with Gasteiger partial charge < -0.3 is 25.6 Å². The van der Waals surface area contributed by atoms with Crippen molar-refractivity contribution in [3.8, 4) is 5.75 Å². The number of nitrogens with one attached hydrogen (secondary N) is 1. The fourth-order valence-corrected chi connectivity index (χ4v) is 2.79. The molecule has 0 spiro atoms. The zero-order chi connectivity index (χ0) is 18.2. The molecule has 136 valence electrons. The van der Waals surface area contributed by atoms with Gasteiger partial charge in [0, 0.05) is 31.2 Å². The summed E-state index contributed by atoms with van der Waals surface area (Å²) in [6, 6.07) is 5.86. The summed E-state index contributed by atoms with van der Waals surface area (Å²) in [5.74, 6) is -1.53. The molecule has 1 atom stereocenters. The first-order valence-electron chi connectivity index (χ1n) is 8.07. The lowest BCUT2D eigenvalue weighted by atomic mass is 9.89. The first kappa shape index (κ1) is 18.7. The van der Waals surface area contributed by atoms with E-state index in [-0.39, 0.29) is 30.0 Å². The van der Waals surface area contributed by atoms with Gasteiger partial charge in [0.2, 0.25) is 5.91 Å². The number of ether oxygens (including phenoxy) is 2. The summed E-state index contributed by atoms with van der Waals surface area (Å²) >= 11 is 0. The number of hydrogen-bond donors (Lipinski definition) is 3. The van der Waals surface area contributed by atoms with E-state index in [4.69, 9.17) is 20.3 Å². The molecule has 2 rings (SSSR count). The lowest BCUT2D eigenvalue weighted by Crippen LogP contribution is -2.44. The molecule has 1 fully saturated rings. The number of carboxylic acid groups (broad SMARTS) is 1. The quantitative estimate of drug-likeness (QED) is 0.628. The Hall–Kier alpha value is -2.61. The Morgan fingerprint density at radius 2 is 2.04 bits per heavy atom. The fourth-order valence-electron chi connectivity index (χ4n) is 2.79. The zero-order valence-corrected chi connectivity index (χ0v) is 13.8. The molecule has 0 aliphatic carbocycles. The predicted molar refractivity (Wildman–Crippen MR) is 88.2 cm³/mol. The second-order valence-electron chi connectivity index (χ2n) is 5.91. The van der Waals surface area contributed by atoms with Gasteiger partial charge in [-0.3, -0.25) is 9.59 Å². The number of nitrogens with two attached hydrogens (primary N) is 1. The number of aliphatic carboxylic acids is 1. The minimum Gasteiger partial charge on any atom is -0.482 e. The summed E-state index contributed by atoms with van der Waals surface area (Å²) in [4.78, 5) is 34.4. The van der Waals surface area contributed by atoms with E-state index in [1.54, 1.807) is 18.2 Å². The Kier molecular flexibility index (Phi) is 6.76. The van der Waals surface area contributed by atoms with E-state index >= 15 is 0 Å². The van der Waals surface area contributed by atoms with Crippen molar-refractivity contribution in [2.45, 2.75) is 25.3 Å². The summed E-state index contributed by atoms with van der Waals surface area (Å²) < 4.78 is 10.4. The van der Waals surface area contributed by atoms with Crippen molar-refractivity contribution in [2.24, 2.45) is 11.7 Å². The normalized spacial score (nSPS) is 16.0. The smallest absolute Gasteiger partial charge is 0.341 e. The molecule has 1 saturated heterocycles. The van der Waals surface area contributed by atoms with Gasteiger partial charge in [-0.2, -0.15) is 0 Å². The Bertz CT molecular complexity index is 627. The molecule has 0 aromatic heterocycles. The maximum absolute atomic E-state index is 12.5. The molecule has 8 nitrogen and oxygen atoms in total. The van der Waals surface area contributed by atoms with Crippen LogP contribution in [0.3, 0.4) is 0 Å². The fraction of sp³-hybridized carbons (Fsp3) is 0.471. The molecular weight excluding hydrogens is 328 g/mol. The number of hydrogen-bond acceptors (Lipinski definition) is 5. The lowest BCUT2D eigenvalue weighted by molar-refractivity contribution is -0.139. The molecule has 25 heavy (non-hydrogen) atoms. The molecule has 1 aromatic rings. The van der Waals surface area contributed by atoms with Crippen LogP contribution >= 0.6 is 0 Å². The van der Waals surface area contributed by atoms with Crippen LogP contribution in [0.1, 0.15) is 29.6 Å². The Morgan fingerprint density at radius 1 is 1.32 bits per heavy atom. The van der Waals surface area contributed by atoms with Gasteiger partial charge in [0.1, 0.15) is 5.75 Å². The van der Waals surface area contributed by atoms with Crippen molar-refractivity contribution in [3.63, 3.8) is 0 Å². The van der Waals surface area contributed by atoms with E-state index in [1.807, 2.05) is 0 Å². The minimum atomic E-state index is -1.10. The molecule has 1 aromatic carbocycles. The molecule has 2 amide bonds. The van der Waals surface area contributed by atoms with E-state index in [1.165, 1.54) is 6.07 Å². The Balaban J connectivity index is 2.05. The SMILES string of the molecule is NC(=O)CC(NC(=O)c1cccc(OCC(=O)O)c1)C1CCOCC1. The molecule has 0 bridgehead atoms. The van der Waals surface area contributed by atoms with Crippen LogP contribution in [0, 0.1) is 5.92 Å². The van der Waals surface area contributed by atoms with E-state index in [2.05, 4.69) is 5.32 Å². The van der Waals surface area contributed by atoms with Crippen LogP contribution in [-0.2, 0) is 14.3 Å². The van der Waals surface area contributed by atoms with Gasteiger partial charge in [0.15, 0.2) is 6.61 Å². The molecule has 1 aliphatic heterocycles. The van der Waals surface area contributed by atoms with Gasteiger partial charge >= 0.3 is 5.97 Å². The summed E-state index contributed by atoms with van der Waals surface area (Å²) in [5, 5.41) is 11.5. The number of carbonyl (C=O) groups excluding carboxylic acids is 2. The van der Waals surface area contributed by atoms with Crippen LogP contribution < -0.4 is 15.8 Å². The zero-order valence-electron chi connectivity index (χ0n) is 13.8. The van der Waals surface area contributed by atoms with Crippen molar-refractivity contribution in [1.82, 2.24) is 5.32 Å². The molecule has 4 N–H and O–H groups in total. The predicted octanol–water partition coefficient (Wildman–Crippen LogP) is 0.550. The van der Waals surface area contributed by atoms with Crippen LogP contribution in [-0.4, -0.2) is 48.8 Å². The monoisotopic (exact) mass is 350 g/mol. The molecule has 1 aliphatic rings. The summed E-state index contributed by atoms with van der Waals surface area (Å²) in [6.07, 6.45) is 1.56. The van der Waals surface area contributed by atoms with Gasteiger partial charge in [-0.25, -0.2) is 4.79 Å². The molecular formula is C17H22N2O6. The van der Waals surface area contributed by atoms with Gasteiger partial charge in [0.25, 0.3) is 5.91 Å². The van der Waals surface area contributed by atoms with Crippen molar-refractivity contribution < 1.29 is 29.0 Å². The van der Waals surface area contributed by atoms with E-state index < -0.39 is 18.5 Å². The highest BCUT2D eigenvalue weighted by atomic mass is 16.5. The molecule has 8 heteroatoms. The van der Waals surface area contributed by atoms with Crippen molar-refractivity contribution in [2.75, 3.05) is 19.8 Å². The molecule has 1 unspecified atom stereocenters. The number of carbonyl (C=O) groups is 3. The molecule has 0 saturated carbocycles. The van der Waals surface area contributed by atoms with Crippen LogP contribution in [0.2, 0.25) is 0 Å². The average Bonchev–Trinajstić information content (AvgIpc) is 2.60. The Labute approximate surface area is 145 Å². The molecule has 1 heterocycles. The maximum atomic E-state index is 12.5. The summed E-state index contributed by atoms with van der Waals surface area (Å²) in [6.45, 7) is 0.695. The first-order chi connectivity index (χ1) is 12.0. The largest absolute Gasteiger partial charge is 0.482 e. The number of amides is 2. The Morgan fingerprint density at radius 3 is 2.68 bits per heavy atom. The van der Waals surface area contributed by atoms with E-state index in [0.29, 0.717) is 18.8 Å². The van der Waals surface area contributed by atoms with Crippen LogP contribution in [0.4, 0.5) is 0 Å². The summed E-state index contributed by atoms with van der Waals surface area (Å²) in [5.41, 5.74) is 5.63. The van der Waals surface area contributed by atoms with Gasteiger partial charge in [0.05, 0.1) is 0 Å². The van der Waals surface area contributed by atoms with Gasteiger partial charge in [-0.05, 0) is 37.0 Å². The topological polar surface area (TPSA) is 128 Å². The van der Waals surface area contributed by atoms with E-state index in [9.17, 15) is 14.4 Å². The third kappa shape index (κ3) is 6.07. The van der Waals surface area contributed by atoms with Crippen LogP contribution in [0.25, 0.3) is 0 Å². The number of primary amides is 1. The lowest BCUT2D eigenvalue weighted by Gasteiger charge is -2.30. The highest BCUT2D eigenvalue weighted by Gasteiger charge is 2.27. The number of carboxylic acids is 1. The van der Waals surface area contributed by atoms with Crippen molar-refractivity contribution in [3.05, 3.63) is 29.8 Å². The van der Waals surface area contributed by atoms with Gasteiger partial charge in [-0.1, -0.05) is 6.07 Å². The van der Waals surface area contributed by atoms with Crippen LogP contribution in [0.5, 0.6) is 5.75 Å². The summed E-state index contributed by atoms with van der Waals surface area (Å²) in [7, 11) is 0. The van der Waals surface area contributed by atoms with Crippen LogP contribution in [0.15, 0.2) is 24.3 Å². The minimum absolute atomic E-state index is 0.0611. The first-order valence-corrected chi connectivity index (χ1v) is 8.07. The standard InChI is InChI=1S/C17H22N2O6/c18-15(20)9-14(11-4-6-24-7-5-11)19-17(23)12-2-1-3-13(8-12)25-10-16(21)22/h1-3,8,11,14H,4-7,9-10H2,(H2,18,20)(H,19,23)(H,21,22). The number of rotatable bonds is 8. The van der Waals surface area contributed by atoms with Crippen molar-refractivity contribution in [1.29, 1.82) is 0 Å². The third-order valence-corrected chi connectivity index (χ3v) is 4.03. The van der Waals surface area contributed by atoms with E-state index in [0.717, 1.165) is 12.8 Å². The second-order valence-corrected chi connectivity index (χ2v) is 5.91.